The van der Waals surface area contributed by atoms with Crippen LogP contribution in [-0.4, -0.2) is 64.1 Å². The van der Waals surface area contributed by atoms with Gasteiger partial charge >= 0.3 is 0 Å². The van der Waals surface area contributed by atoms with Gasteiger partial charge in [0.15, 0.2) is 0 Å². The molecule has 0 spiro atoms. The molecule has 0 amide bonds. The molecular weight excluding hydrogens is 264 g/mol. The Hall–Kier alpha value is -0.160. The molecule has 0 aromatic rings. The van der Waals surface area contributed by atoms with Gasteiger partial charge in [-0.15, -0.1) is 0 Å². The predicted octanol–water partition coefficient (Wildman–Crippen LogP) is 2.39. The topological polar surface area (TPSA) is 33.7 Å². The van der Waals surface area contributed by atoms with Gasteiger partial charge in [-0.2, -0.15) is 0 Å². The molecule has 0 aliphatic carbocycles. The molecule has 1 aliphatic rings. The smallest absolute Gasteiger partial charge is 0.0589 e. The molecule has 1 heterocycles. The van der Waals surface area contributed by atoms with E-state index < -0.39 is 0 Å². The van der Waals surface area contributed by atoms with Crippen LogP contribution in [0, 0.1) is 11.3 Å². The van der Waals surface area contributed by atoms with Crippen molar-refractivity contribution in [1.29, 1.82) is 0 Å². The minimum atomic E-state index is 0.352. The largest absolute Gasteiger partial charge is 0.383 e. The van der Waals surface area contributed by atoms with Crippen LogP contribution in [0.2, 0.25) is 0 Å². The molecule has 4 heteroatoms. The van der Waals surface area contributed by atoms with Crippen LogP contribution in [0.4, 0.5) is 0 Å². The number of rotatable bonds is 10. The molecule has 1 fully saturated rings. The first-order valence-corrected chi connectivity index (χ1v) is 8.50. The third kappa shape index (κ3) is 7.09. The molecule has 4 nitrogen and oxygen atoms in total. The minimum Gasteiger partial charge on any atom is -0.383 e. The Balaban J connectivity index is 2.61. The second-order valence-electron chi connectivity index (χ2n) is 7.19. The first-order chi connectivity index (χ1) is 9.99. The highest BCUT2D eigenvalue weighted by Crippen LogP contribution is 2.31. The lowest BCUT2D eigenvalue weighted by atomic mass is 9.79. The van der Waals surface area contributed by atoms with Crippen molar-refractivity contribution < 1.29 is 9.47 Å². The molecule has 126 valence electrons. The highest BCUT2D eigenvalue weighted by Gasteiger charge is 2.34. The zero-order valence-electron chi connectivity index (χ0n) is 14.8. The van der Waals surface area contributed by atoms with Gasteiger partial charge in [-0.1, -0.05) is 13.8 Å². The molecule has 0 radical (unpaired) electrons. The van der Waals surface area contributed by atoms with Crippen molar-refractivity contribution in [2.45, 2.75) is 46.6 Å². The fourth-order valence-electron chi connectivity index (χ4n) is 2.98. The summed E-state index contributed by atoms with van der Waals surface area (Å²) in [7, 11) is 1.78. The summed E-state index contributed by atoms with van der Waals surface area (Å²) in [5, 5.41) is 3.68. The maximum Gasteiger partial charge on any atom is 0.0589 e. The Morgan fingerprint density at radius 2 is 1.86 bits per heavy atom. The normalized spacial score (nSPS) is 18.9. The van der Waals surface area contributed by atoms with Crippen LogP contribution in [-0.2, 0) is 9.47 Å². The molecule has 0 saturated carbocycles. The van der Waals surface area contributed by atoms with Crippen LogP contribution in [0.3, 0.4) is 0 Å². The molecule has 1 aliphatic heterocycles. The molecule has 0 atom stereocenters. The second-order valence-corrected chi connectivity index (χ2v) is 7.19. The first kappa shape index (κ1) is 18.9. The van der Waals surface area contributed by atoms with Gasteiger partial charge in [-0.3, -0.25) is 4.90 Å². The molecule has 1 rings (SSSR count). The number of nitrogens with zero attached hydrogens (tertiary/aromatic N) is 1. The van der Waals surface area contributed by atoms with E-state index in [4.69, 9.17) is 9.47 Å². The Morgan fingerprint density at radius 3 is 2.38 bits per heavy atom. The monoisotopic (exact) mass is 300 g/mol. The van der Waals surface area contributed by atoms with Crippen molar-refractivity contribution >= 4 is 0 Å². The fourth-order valence-corrected chi connectivity index (χ4v) is 2.98. The van der Waals surface area contributed by atoms with Crippen LogP contribution < -0.4 is 5.32 Å². The van der Waals surface area contributed by atoms with Gasteiger partial charge in [0, 0.05) is 46.0 Å². The average molecular weight is 300 g/mol. The van der Waals surface area contributed by atoms with Gasteiger partial charge < -0.3 is 14.8 Å². The summed E-state index contributed by atoms with van der Waals surface area (Å²) >= 11 is 0. The Bertz CT molecular complexity index is 264. The average Bonchev–Trinajstić information content (AvgIpc) is 2.44. The van der Waals surface area contributed by atoms with E-state index in [2.05, 4.69) is 37.9 Å². The molecular formula is C17H36N2O2. The summed E-state index contributed by atoms with van der Waals surface area (Å²) in [4.78, 5) is 2.56. The summed E-state index contributed by atoms with van der Waals surface area (Å²) in [5.41, 5.74) is 0.352. The highest BCUT2D eigenvalue weighted by atomic mass is 16.5. The van der Waals surface area contributed by atoms with Gasteiger partial charge in [0.2, 0.25) is 0 Å². The molecule has 0 bridgehead atoms. The summed E-state index contributed by atoms with van der Waals surface area (Å²) < 4.78 is 10.9. The second kappa shape index (κ2) is 9.78. The number of hydrogen-bond donors (Lipinski definition) is 1. The van der Waals surface area contributed by atoms with E-state index >= 15 is 0 Å². The van der Waals surface area contributed by atoms with Gasteiger partial charge in [-0.25, -0.2) is 0 Å². The zero-order chi connectivity index (χ0) is 15.7. The van der Waals surface area contributed by atoms with Crippen LogP contribution in [0.15, 0.2) is 0 Å². The lowest BCUT2D eigenvalue weighted by molar-refractivity contribution is -0.0136. The first-order valence-electron chi connectivity index (χ1n) is 8.50. The van der Waals surface area contributed by atoms with Crippen molar-refractivity contribution in [3.8, 4) is 0 Å². The summed E-state index contributed by atoms with van der Waals surface area (Å²) in [6.45, 7) is 16.1. The fraction of sp³-hybridized carbons (Fsp3) is 1.00. The molecule has 0 aromatic heterocycles. The molecule has 0 aromatic carbocycles. The summed E-state index contributed by atoms with van der Waals surface area (Å²) in [6, 6.07) is 0.560. The number of nitrogens with one attached hydrogen (secondary N) is 1. The molecule has 0 unspecified atom stereocenters. The van der Waals surface area contributed by atoms with E-state index in [-0.39, 0.29) is 0 Å². The Morgan fingerprint density at radius 1 is 1.19 bits per heavy atom. The lowest BCUT2D eigenvalue weighted by Crippen LogP contribution is -2.50. The standard InChI is InChI=1S/C17H36N2O2/c1-15(2)12-18-13-17(6-9-21-10-7-17)14-19(16(3)4)8-11-20-5/h15-16,18H,6-14H2,1-5H3. The van der Waals surface area contributed by atoms with Gasteiger partial charge in [0.25, 0.3) is 0 Å². The zero-order valence-corrected chi connectivity index (χ0v) is 14.8. The van der Waals surface area contributed by atoms with Crippen molar-refractivity contribution in [3.63, 3.8) is 0 Å². The van der Waals surface area contributed by atoms with Crippen LogP contribution >= 0.6 is 0 Å². The minimum absolute atomic E-state index is 0.352. The third-order valence-electron chi connectivity index (χ3n) is 4.46. The van der Waals surface area contributed by atoms with Crippen molar-refractivity contribution in [1.82, 2.24) is 10.2 Å². The predicted molar refractivity (Wildman–Crippen MR) is 88.8 cm³/mol. The number of hydrogen-bond acceptors (Lipinski definition) is 4. The van der Waals surface area contributed by atoms with E-state index in [0.717, 1.165) is 58.8 Å². The maximum absolute atomic E-state index is 5.60. The maximum atomic E-state index is 5.60. The highest BCUT2D eigenvalue weighted by molar-refractivity contribution is 4.88. The molecule has 1 N–H and O–H groups in total. The van der Waals surface area contributed by atoms with Crippen molar-refractivity contribution in [3.05, 3.63) is 0 Å². The van der Waals surface area contributed by atoms with Gasteiger partial charge in [-0.05, 0) is 44.6 Å². The summed E-state index contributed by atoms with van der Waals surface area (Å²) in [6.07, 6.45) is 2.32. The molecule has 1 saturated heterocycles. The number of ether oxygens (including phenoxy) is 2. The Labute approximate surface area is 131 Å². The summed E-state index contributed by atoms with van der Waals surface area (Å²) in [5.74, 6) is 0.705. The third-order valence-corrected chi connectivity index (χ3v) is 4.46. The van der Waals surface area contributed by atoms with Crippen molar-refractivity contribution in [2.24, 2.45) is 11.3 Å². The van der Waals surface area contributed by atoms with Gasteiger partial charge in [0.1, 0.15) is 0 Å². The van der Waals surface area contributed by atoms with E-state index in [1.54, 1.807) is 7.11 Å². The van der Waals surface area contributed by atoms with Crippen LogP contribution in [0.1, 0.15) is 40.5 Å². The Kier molecular flexibility index (Phi) is 8.79. The number of methoxy groups -OCH3 is 1. The molecule has 21 heavy (non-hydrogen) atoms. The van der Waals surface area contributed by atoms with Crippen LogP contribution in [0.25, 0.3) is 0 Å². The SMILES string of the molecule is COCCN(CC1(CNCC(C)C)CCOCC1)C(C)C. The van der Waals surface area contributed by atoms with E-state index in [0.29, 0.717) is 17.4 Å². The van der Waals surface area contributed by atoms with E-state index in [1.807, 2.05) is 0 Å². The van der Waals surface area contributed by atoms with Crippen LogP contribution in [0.5, 0.6) is 0 Å². The lowest BCUT2D eigenvalue weighted by Gasteiger charge is -2.42. The van der Waals surface area contributed by atoms with E-state index in [9.17, 15) is 0 Å². The quantitative estimate of drug-likeness (QED) is 0.672. The van der Waals surface area contributed by atoms with Gasteiger partial charge in [0.05, 0.1) is 6.61 Å². The van der Waals surface area contributed by atoms with E-state index in [1.165, 1.54) is 0 Å². The van der Waals surface area contributed by atoms with Crippen molar-refractivity contribution in [2.75, 3.05) is 53.1 Å².